The van der Waals surface area contributed by atoms with Crippen molar-refractivity contribution in [2.75, 3.05) is 7.11 Å². The molecule has 1 aromatic carbocycles. The molecule has 0 aliphatic heterocycles. The Kier molecular flexibility index (Phi) is 4.31. The standard InChI is InChI=1S/C15H12BrClFN3O/c1-22-13-5-3-11(18)14(17)9(13)2-4-12-10-6-8(16)7-19-15(10)21-20-12/h3,5-7H,2,4H2,1H3,(H,19,20,21). The molecular formula is C15H12BrClFN3O. The Hall–Kier alpha value is -1.66. The van der Waals surface area contributed by atoms with Crippen LogP contribution in [0, 0.1) is 5.82 Å². The number of fused-ring (bicyclic) bond motifs is 1. The number of hydrogen-bond acceptors (Lipinski definition) is 3. The first kappa shape index (κ1) is 15.2. The Bertz CT molecular complexity index is 837. The van der Waals surface area contributed by atoms with E-state index in [1.165, 1.54) is 13.2 Å². The van der Waals surface area contributed by atoms with Gasteiger partial charge in [-0.25, -0.2) is 9.37 Å². The van der Waals surface area contributed by atoms with Crippen molar-refractivity contribution in [2.45, 2.75) is 12.8 Å². The average molecular weight is 385 g/mol. The van der Waals surface area contributed by atoms with Crippen molar-refractivity contribution in [3.63, 3.8) is 0 Å². The molecule has 3 aromatic rings. The third-order valence-electron chi connectivity index (χ3n) is 3.45. The quantitative estimate of drug-likeness (QED) is 0.729. The molecular weight excluding hydrogens is 373 g/mol. The molecule has 22 heavy (non-hydrogen) atoms. The molecule has 0 aliphatic rings. The van der Waals surface area contributed by atoms with Gasteiger partial charge in [0.05, 0.1) is 17.8 Å². The number of aromatic amines is 1. The van der Waals surface area contributed by atoms with E-state index >= 15 is 0 Å². The van der Waals surface area contributed by atoms with Crippen molar-refractivity contribution >= 4 is 38.6 Å². The SMILES string of the molecule is COc1ccc(F)c(Cl)c1CCc1n[nH]c2ncc(Br)cc12. The minimum absolute atomic E-state index is 0.0958. The fraction of sp³-hybridized carbons (Fsp3) is 0.200. The summed E-state index contributed by atoms with van der Waals surface area (Å²) >= 11 is 9.45. The lowest BCUT2D eigenvalue weighted by Crippen LogP contribution is -1.99. The number of nitrogens with zero attached hydrogens (tertiary/aromatic N) is 2. The highest BCUT2D eigenvalue weighted by atomic mass is 79.9. The molecule has 0 fully saturated rings. The van der Waals surface area contributed by atoms with Crippen LogP contribution in [0.1, 0.15) is 11.3 Å². The number of hydrogen-bond donors (Lipinski definition) is 1. The van der Waals surface area contributed by atoms with Gasteiger partial charge in [0.2, 0.25) is 0 Å². The summed E-state index contributed by atoms with van der Waals surface area (Å²) in [4.78, 5) is 4.25. The van der Waals surface area contributed by atoms with Crippen molar-refractivity contribution in [3.05, 3.63) is 51.0 Å². The van der Waals surface area contributed by atoms with Crippen LogP contribution in [0.3, 0.4) is 0 Å². The van der Waals surface area contributed by atoms with E-state index in [1.807, 2.05) is 6.07 Å². The molecule has 0 unspecified atom stereocenters. The van der Waals surface area contributed by atoms with Crippen molar-refractivity contribution in [1.82, 2.24) is 15.2 Å². The van der Waals surface area contributed by atoms with Crippen LogP contribution >= 0.6 is 27.5 Å². The van der Waals surface area contributed by atoms with Gasteiger partial charge in [-0.1, -0.05) is 11.6 Å². The monoisotopic (exact) mass is 383 g/mol. The predicted molar refractivity (Wildman–Crippen MR) is 87.0 cm³/mol. The van der Waals surface area contributed by atoms with Crippen LogP contribution in [-0.2, 0) is 12.8 Å². The van der Waals surface area contributed by atoms with E-state index in [-0.39, 0.29) is 5.02 Å². The molecule has 0 saturated carbocycles. The zero-order chi connectivity index (χ0) is 15.7. The van der Waals surface area contributed by atoms with Gasteiger partial charge in [-0.15, -0.1) is 0 Å². The fourth-order valence-corrected chi connectivity index (χ4v) is 2.94. The number of methoxy groups -OCH3 is 1. The number of nitrogens with one attached hydrogen (secondary N) is 1. The second-order valence-corrected chi connectivity index (χ2v) is 6.06. The first-order valence-electron chi connectivity index (χ1n) is 6.59. The Labute approximate surface area is 139 Å². The lowest BCUT2D eigenvalue weighted by atomic mass is 10.1. The van der Waals surface area contributed by atoms with Gasteiger partial charge in [0, 0.05) is 21.6 Å². The zero-order valence-corrected chi connectivity index (χ0v) is 14.0. The Morgan fingerprint density at radius 1 is 1.36 bits per heavy atom. The largest absolute Gasteiger partial charge is 0.496 e. The smallest absolute Gasteiger partial charge is 0.155 e. The first-order valence-corrected chi connectivity index (χ1v) is 7.76. The van der Waals surface area contributed by atoms with Crippen LogP contribution in [0.4, 0.5) is 4.39 Å². The number of halogens is 3. The van der Waals surface area contributed by atoms with E-state index in [1.54, 1.807) is 12.3 Å². The average Bonchev–Trinajstić information content (AvgIpc) is 2.91. The molecule has 0 saturated heterocycles. The second kappa shape index (κ2) is 6.22. The number of aromatic nitrogens is 3. The highest BCUT2D eigenvalue weighted by Gasteiger charge is 2.14. The van der Waals surface area contributed by atoms with Crippen LogP contribution in [0.25, 0.3) is 11.0 Å². The summed E-state index contributed by atoms with van der Waals surface area (Å²) in [6.07, 6.45) is 2.82. The van der Waals surface area contributed by atoms with Gasteiger partial charge >= 0.3 is 0 Å². The third kappa shape index (κ3) is 2.80. The summed E-state index contributed by atoms with van der Waals surface area (Å²) in [6, 6.07) is 4.83. The number of pyridine rings is 1. The lowest BCUT2D eigenvalue weighted by molar-refractivity contribution is 0.408. The molecule has 4 nitrogen and oxygen atoms in total. The van der Waals surface area contributed by atoms with E-state index in [0.717, 1.165) is 21.2 Å². The molecule has 7 heteroatoms. The molecule has 0 atom stereocenters. The Morgan fingerprint density at radius 2 is 2.18 bits per heavy atom. The number of ether oxygens (including phenoxy) is 1. The van der Waals surface area contributed by atoms with Gasteiger partial charge < -0.3 is 4.74 Å². The van der Waals surface area contributed by atoms with Gasteiger partial charge in [-0.2, -0.15) is 5.10 Å². The molecule has 1 N–H and O–H groups in total. The van der Waals surface area contributed by atoms with Crippen molar-refractivity contribution in [1.29, 1.82) is 0 Å². The van der Waals surface area contributed by atoms with E-state index < -0.39 is 5.82 Å². The number of benzene rings is 1. The second-order valence-electron chi connectivity index (χ2n) is 4.76. The van der Waals surface area contributed by atoms with Crippen molar-refractivity contribution < 1.29 is 9.13 Å². The minimum atomic E-state index is -0.450. The molecule has 114 valence electrons. The molecule has 2 aromatic heterocycles. The van der Waals surface area contributed by atoms with Crippen LogP contribution in [-0.4, -0.2) is 22.3 Å². The van der Waals surface area contributed by atoms with Crippen LogP contribution < -0.4 is 4.74 Å². The van der Waals surface area contributed by atoms with Crippen LogP contribution in [0.2, 0.25) is 5.02 Å². The number of aryl methyl sites for hydroxylation is 1. The maximum absolute atomic E-state index is 13.6. The van der Waals surface area contributed by atoms with Gasteiger partial charge in [-0.3, -0.25) is 5.10 Å². The summed E-state index contributed by atoms with van der Waals surface area (Å²) in [5, 5.41) is 8.19. The maximum Gasteiger partial charge on any atom is 0.155 e. The summed E-state index contributed by atoms with van der Waals surface area (Å²) in [5.41, 5.74) is 2.21. The Balaban J connectivity index is 1.91. The maximum atomic E-state index is 13.6. The molecule has 0 bridgehead atoms. The highest BCUT2D eigenvalue weighted by Crippen LogP contribution is 2.30. The fourth-order valence-electron chi connectivity index (χ4n) is 2.36. The van der Waals surface area contributed by atoms with Gasteiger partial charge in [0.15, 0.2) is 5.65 Å². The van der Waals surface area contributed by atoms with Crippen molar-refractivity contribution in [3.8, 4) is 5.75 Å². The van der Waals surface area contributed by atoms with E-state index in [2.05, 4.69) is 31.1 Å². The molecule has 2 heterocycles. The van der Waals surface area contributed by atoms with Crippen LogP contribution in [0.5, 0.6) is 5.75 Å². The minimum Gasteiger partial charge on any atom is -0.496 e. The number of rotatable bonds is 4. The molecule has 0 aliphatic carbocycles. The first-order chi connectivity index (χ1) is 10.6. The summed E-state index contributed by atoms with van der Waals surface area (Å²) in [5.74, 6) is 0.124. The van der Waals surface area contributed by atoms with E-state index in [0.29, 0.717) is 24.2 Å². The Morgan fingerprint density at radius 3 is 2.95 bits per heavy atom. The van der Waals surface area contributed by atoms with Crippen LogP contribution in [0.15, 0.2) is 28.9 Å². The molecule has 0 spiro atoms. The van der Waals surface area contributed by atoms with Crippen molar-refractivity contribution in [2.24, 2.45) is 0 Å². The topological polar surface area (TPSA) is 50.8 Å². The highest BCUT2D eigenvalue weighted by molar-refractivity contribution is 9.10. The summed E-state index contributed by atoms with van der Waals surface area (Å²) in [6.45, 7) is 0. The summed E-state index contributed by atoms with van der Waals surface area (Å²) < 4.78 is 19.8. The van der Waals surface area contributed by atoms with Gasteiger partial charge in [0.1, 0.15) is 11.6 Å². The number of H-pyrrole nitrogens is 1. The van der Waals surface area contributed by atoms with Gasteiger partial charge in [0.25, 0.3) is 0 Å². The third-order valence-corrected chi connectivity index (χ3v) is 4.29. The zero-order valence-electron chi connectivity index (χ0n) is 11.7. The van der Waals surface area contributed by atoms with Gasteiger partial charge in [-0.05, 0) is 47.0 Å². The molecule has 3 rings (SSSR count). The summed E-state index contributed by atoms with van der Waals surface area (Å²) in [7, 11) is 1.54. The van der Waals surface area contributed by atoms with E-state index in [9.17, 15) is 4.39 Å². The van der Waals surface area contributed by atoms with E-state index in [4.69, 9.17) is 16.3 Å². The molecule has 0 radical (unpaired) electrons. The predicted octanol–water partition coefficient (Wildman–Crippen LogP) is 4.31. The normalized spacial score (nSPS) is 11.1. The molecule has 0 amide bonds. The lowest BCUT2D eigenvalue weighted by Gasteiger charge is -2.10.